The maximum atomic E-state index is 14.2. The van der Waals surface area contributed by atoms with Gasteiger partial charge in [-0.2, -0.15) is 14.1 Å². The molecule has 1 aromatic carbocycles. The molecule has 4 heterocycles. The highest BCUT2D eigenvalue weighted by molar-refractivity contribution is 5.82. The van der Waals surface area contributed by atoms with Crippen molar-refractivity contribution >= 4 is 16.6 Å². The van der Waals surface area contributed by atoms with Gasteiger partial charge in [-0.1, -0.05) is 11.2 Å². The predicted octanol–water partition coefficient (Wildman–Crippen LogP) is 2.47. The molecule has 1 fully saturated rings. The van der Waals surface area contributed by atoms with Gasteiger partial charge in [-0.25, -0.2) is 4.98 Å². The molecule has 0 saturated carbocycles. The van der Waals surface area contributed by atoms with Gasteiger partial charge in [0.05, 0.1) is 0 Å². The number of nitrogens with zero attached hydrogens (tertiary/aromatic N) is 5. The van der Waals surface area contributed by atoms with Crippen LogP contribution in [-0.2, 0) is 4.74 Å². The Balaban J connectivity index is 1.74. The number of aryl methyl sites for hydroxylation is 1. The van der Waals surface area contributed by atoms with Gasteiger partial charge in [0.1, 0.15) is 23.5 Å². The molecule has 1 atom stereocenters. The van der Waals surface area contributed by atoms with Crippen LogP contribution in [0.2, 0.25) is 0 Å². The van der Waals surface area contributed by atoms with Crippen molar-refractivity contribution in [2.45, 2.75) is 25.9 Å². The van der Waals surface area contributed by atoms with Crippen molar-refractivity contribution in [1.29, 1.82) is 0 Å². The zero-order valence-electron chi connectivity index (χ0n) is 13.8. The van der Waals surface area contributed by atoms with Gasteiger partial charge in [-0.3, -0.25) is 4.40 Å². The number of para-hydroxylation sites is 1. The van der Waals surface area contributed by atoms with Gasteiger partial charge in [-0.05, 0) is 25.0 Å². The lowest BCUT2D eigenvalue weighted by Crippen LogP contribution is -2.33. The van der Waals surface area contributed by atoms with Crippen molar-refractivity contribution in [3.8, 4) is 11.6 Å². The monoisotopic (exact) mass is 355 g/mol. The van der Waals surface area contributed by atoms with Crippen LogP contribution in [-0.4, -0.2) is 26.1 Å². The fraction of sp³-hybridized carbons (Fsp3) is 0.294. The molecule has 0 N–H and O–H groups in total. The van der Waals surface area contributed by atoms with Crippen LogP contribution in [0.4, 0.5) is 4.39 Å². The van der Waals surface area contributed by atoms with E-state index in [9.17, 15) is 9.60 Å². The second-order valence-electron chi connectivity index (χ2n) is 6.26. The van der Waals surface area contributed by atoms with Crippen LogP contribution in [0.1, 0.15) is 30.5 Å². The number of rotatable bonds is 2. The molecule has 3 aromatic heterocycles. The maximum Gasteiger partial charge on any atom is 0.279 e. The van der Waals surface area contributed by atoms with Crippen molar-refractivity contribution in [3.05, 3.63) is 47.1 Å². The summed E-state index contributed by atoms with van der Waals surface area (Å²) in [4.78, 5) is 8.73. The number of benzene rings is 1. The van der Waals surface area contributed by atoms with Gasteiger partial charge in [0, 0.05) is 13.5 Å². The Labute approximate surface area is 146 Å². The van der Waals surface area contributed by atoms with Gasteiger partial charge in [0.25, 0.3) is 11.4 Å². The van der Waals surface area contributed by atoms with Gasteiger partial charge in [0.15, 0.2) is 11.5 Å². The Morgan fingerprint density at radius 1 is 1.38 bits per heavy atom. The third kappa shape index (κ3) is 2.03. The predicted molar refractivity (Wildman–Crippen MR) is 87.6 cm³/mol. The number of hydrogen-bond acceptors (Lipinski definition) is 6. The number of fused-ring (bicyclic) bond motifs is 3. The van der Waals surface area contributed by atoms with E-state index < -0.39 is 5.82 Å². The average Bonchev–Trinajstić information content (AvgIpc) is 3.38. The summed E-state index contributed by atoms with van der Waals surface area (Å²) in [6.45, 7) is 2.28. The molecule has 5 rings (SSSR count). The average molecular weight is 355 g/mol. The molecule has 0 amide bonds. The number of imidazole rings is 1. The molecule has 0 aliphatic carbocycles. The summed E-state index contributed by atoms with van der Waals surface area (Å²) in [5, 5.41) is 16.6. The minimum absolute atomic E-state index is 0.0352. The van der Waals surface area contributed by atoms with Crippen LogP contribution in [0.15, 0.2) is 29.0 Å². The highest BCUT2D eigenvalue weighted by atomic mass is 19.1. The van der Waals surface area contributed by atoms with E-state index in [2.05, 4.69) is 15.1 Å². The van der Waals surface area contributed by atoms with Crippen molar-refractivity contribution in [2.75, 3.05) is 6.61 Å². The zero-order valence-corrected chi connectivity index (χ0v) is 13.8. The van der Waals surface area contributed by atoms with E-state index in [1.807, 2.05) is 0 Å². The fourth-order valence-corrected chi connectivity index (χ4v) is 3.44. The van der Waals surface area contributed by atoms with Crippen LogP contribution in [0.5, 0.6) is 0 Å². The van der Waals surface area contributed by atoms with Gasteiger partial charge in [-0.15, -0.1) is 0 Å². The highest BCUT2D eigenvalue weighted by Gasteiger charge is 2.27. The molecule has 8 nitrogen and oxygen atoms in total. The van der Waals surface area contributed by atoms with E-state index in [0.29, 0.717) is 39.6 Å². The summed E-state index contributed by atoms with van der Waals surface area (Å²) < 4.78 is 27.3. The molecule has 4 aromatic rings. The number of aromatic nitrogens is 5. The van der Waals surface area contributed by atoms with E-state index in [1.165, 1.54) is 12.4 Å². The minimum atomic E-state index is -0.587. The lowest BCUT2D eigenvalue weighted by molar-refractivity contribution is -0.584. The summed E-state index contributed by atoms with van der Waals surface area (Å²) >= 11 is 0. The van der Waals surface area contributed by atoms with E-state index >= 15 is 0 Å². The summed E-state index contributed by atoms with van der Waals surface area (Å²) in [5.74, 6) is 0.0891. The largest absolute Gasteiger partial charge is 0.618 e. The topological polar surface area (TPSA) is 92.4 Å². The molecule has 0 spiro atoms. The molecular weight excluding hydrogens is 341 g/mol. The summed E-state index contributed by atoms with van der Waals surface area (Å²) in [6, 6.07) is 4.47. The Morgan fingerprint density at radius 2 is 2.27 bits per heavy atom. The van der Waals surface area contributed by atoms with Gasteiger partial charge >= 0.3 is 0 Å². The van der Waals surface area contributed by atoms with Crippen molar-refractivity contribution < 1.29 is 18.4 Å². The fourth-order valence-electron chi connectivity index (χ4n) is 3.44. The minimum Gasteiger partial charge on any atom is -0.618 e. The molecule has 1 aliphatic rings. The molecule has 0 radical (unpaired) electrons. The smallest absolute Gasteiger partial charge is 0.279 e. The second kappa shape index (κ2) is 5.46. The molecule has 132 valence electrons. The van der Waals surface area contributed by atoms with E-state index in [1.54, 1.807) is 23.5 Å². The van der Waals surface area contributed by atoms with Crippen LogP contribution in [0.25, 0.3) is 28.1 Å². The van der Waals surface area contributed by atoms with E-state index in [0.717, 1.165) is 12.8 Å². The number of hydrogen-bond donors (Lipinski definition) is 0. The third-order valence-corrected chi connectivity index (χ3v) is 4.70. The summed E-state index contributed by atoms with van der Waals surface area (Å²) in [7, 11) is 0. The van der Waals surface area contributed by atoms with Crippen LogP contribution in [0, 0.1) is 17.9 Å². The summed E-state index contributed by atoms with van der Waals surface area (Å²) in [6.07, 6.45) is 3.14. The molecule has 1 unspecified atom stereocenters. The van der Waals surface area contributed by atoms with E-state index in [-0.39, 0.29) is 17.5 Å². The maximum absolute atomic E-state index is 14.2. The number of halogens is 1. The molecule has 0 bridgehead atoms. The van der Waals surface area contributed by atoms with Crippen molar-refractivity contribution in [1.82, 2.24) is 19.5 Å². The third-order valence-electron chi connectivity index (χ3n) is 4.70. The second-order valence-corrected chi connectivity index (χ2v) is 6.26. The first kappa shape index (κ1) is 15.2. The highest BCUT2D eigenvalue weighted by Crippen LogP contribution is 2.30. The van der Waals surface area contributed by atoms with E-state index in [4.69, 9.17) is 9.26 Å². The Hall–Kier alpha value is -3.07. The lowest BCUT2D eigenvalue weighted by Gasteiger charge is -2.08. The molecule has 1 aliphatic heterocycles. The van der Waals surface area contributed by atoms with Crippen LogP contribution >= 0.6 is 0 Å². The number of ether oxygens (including phenoxy) is 1. The SMILES string of the molecule is Cc1c2c(-c3nc(C4CCCO4)no3)ncn2c2cccc(F)c2[n+]1[O-]. The standard InChI is InChI=1S/C17H14FN5O3/c1-9-14-13(17-20-16(21-26-17)12-6-3-7-25-12)19-8-22(14)11-5-2-4-10(18)15(11)23(9)24/h2,4-5,8,12H,3,6-7H2,1H3. The normalized spacial score (nSPS) is 17.5. The molecule has 1 saturated heterocycles. The Morgan fingerprint density at radius 3 is 3.08 bits per heavy atom. The van der Waals surface area contributed by atoms with Crippen LogP contribution in [0.3, 0.4) is 0 Å². The Bertz CT molecular complexity index is 1150. The Kier molecular flexibility index (Phi) is 3.20. The van der Waals surface area contributed by atoms with Crippen molar-refractivity contribution in [3.63, 3.8) is 0 Å². The van der Waals surface area contributed by atoms with Gasteiger partial charge < -0.3 is 14.5 Å². The lowest BCUT2D eigenvalue weighted by atomic mass is 10.2. The first-order valence-corrected chi connectivity index (χ1v) is 8.28. The molecule has 26 heavy (non-hydrogen) atoms. The zero-order chi connectivity index (χ0) is 17.8. The van der Waals surface area contributed by atoms with Gasteiger partial charge in [0.2, 0.25) is 11.5 Å². The first-order chi connectivity index (χ1) is 12.6. The summed E-state index contributed by atoms with van der Waals surface area (Å²) in [5.41, 5.74) is 1.56. The molecular formula is C17H14FN5O3. The molecule has 9 heteroatoms. The van der Waals surface area contributed by atoms with Crippen molar-refractivity contribution in [2.24, 2.45) is 0 Å². The van der Waals surface area contributed by atoms with Crippen LogP contribution < -0.4 is 4.73 Å². The quantitative estimate of drug-likeness (QED) is 0.405. The first-order valence-electron chi connectivity index (χ1n) is 8.28.